The van der Waals surface area contributed by atoms with E-state index in [0.717, 1.165) is 5.56 Å². The van der Waals surface area contributed by atoms with Gasteiger partial charge in [0.2, 0.25) is 5.89 Å². The minimum absolute atomic E-state index is 0.538. The summed E-state index contributed by atoms with van der Waals surface area (Å²) in [5.41, 5.74) is 2.21. The van der Waals surface area contributed by atoms with Gasteiger partial charge in [-0.25, -0.2) is 9.97 Å². The molecular formula is C9H4IN3OS. The van der Waals surface area contributed by atoms with Crippen molar-refractivity contribution in [3.63, 3.8) is 0 Å². The number of thiophene rings is 1. The molecule has 0 N–H and O–H groups in total. The number of aromatic nitrogens is 3. The second kappa shape index (κ2) is 3.53. The number of hydrogen-bond acceptors (Lipinski definition) is 5. The summed E-state index contributed by atoms with van der Waals surface area (Å²) in [6, 6.07) is 1.97. The van der Waals surface area contributed by atoms with Crippen molar-refractivity contribution >= 4 is 45.2 Å². The SMILES string of the molecule is Ic1ncc2nc(-c3ccsc3)oc2n1. The van der Waals surface area contributed by atoms with Gasteiger partial charge in [-0.3, -0.25) is 0 Å². The van der Waals surface area contributed by atoms with Crippen molar-refractivity contribution < 1.29 is 4.42 Å². The summed E-state index contributed by atoms with van der Waals surface area (Å²) in [6.07, 6.45) is 1.67. The van der Waals surface area contributed by atoms with Crippen LogP contribution in [0.1, 0.15) is 0 Å². The standard InChI is InChI=1S/C9H4IN3OS/c10-9-11-3-6-8(13-9)14-7(12-6)5-1-2-15-4-5/h1-4H. The molecule has 0 unspecified atom stereocenters. The van der Waals surface area contributed by atoms with Crippen molar-refractivity contribution in [1.29, 1.82) is 0 Å². The highest BCUT2D eigenvalue weighted by molar-refractivity contribution is 14.1. The number of fused-ring (bicyclic) bond motifs is 1. The Labute approximate surface area is 103 Å². The maximum absolute atomic E-state index is 5.53. The third-order valence-electron chi connectivity index (χ3n) is 1.89. The first-order chi connectivity index (χ1) is 7.33. The minimum Gasteiger partial charge on any atom is -0.417 e. The van der Waals surface area contributed by atoms with Gasteiger partial charge in [0.15, 0.2) is 3.83 Å². The molecule has 0 aliphatic rings. The van der Waals surface area contributed by atoms with E-state index < -0.39 is 0 Å². The monoisotopic (exact) mass is 329 g/mol. The third-order valence-corrected chi connectivity index (χ3v) is 3.09. The molecule has 0 aliphatic heterocycles. The molecule has 0 amide bonds. The average molecular weight is 329 g/mol. The van der Waals surface area contributed by atoms with Crippen LogP contribution < -0.4 is 0 Å². The van der Waals surface area contributed by atoms with Crippen molar-refractivity contribution in [2.75, 3.05) is 0 Å². The molecule has 0 saturated carbocycles. The lowest BCUT2D eigenvalue weighted by Gasteiger charge is -1.85. The van der Waals surface area contributed by atoms with Crippen molar-refractivity contribution in [3.8, 4) is 11.5 Å². The number of oxazole rings is 1. The van der Waals surface area contributed by atoms with Gasteiger partial charge >= 0.3 is 0 Å². The molecule has 0 atom stereocenters. The zero-order valence-electron chi connectivity index (χ0n) is 7.35. The van der Waals surface area contributed by atoms with Gasteiger partial charge in [-0.1, -0.05) is 0 Å². The summed E-state index contributed by atoms with van der Waals surface area (Å²) < 4.78 is 6.19. The molecule has 74 valence electrons. The Balaban J connectivity index is 2.22. The Morgan fingerprint density at radius 3 is 3.07 bits per heavy atom. The summed E-state index contributed by atoms with van der Waals surface area (Å²) in [5.74, 6) is 0.600. The van der Waals surface area contributed by atoms with Crippen molar-refractivity contribution in [2.24, 2.45) is 0 Å². The van der Waals surface area contributed by atoms with Gasteiger partial charge in [-0.15, -0.1) is 0 Å². The van der Waals surface area contributed by atoms with Crippen molar-refractivity contribution in [2.45, 2.75) is 0 Å². The molecule has 15 heavy (non-hydrogen) atoms. The summed E-state index contributed by atoms with van der Waals surface area (Å²) >= 11 is 3.65. The van der Waals surface area contributed by atoms with Gasteiger partial charge < -0.3 is 4.42 Å². The van der Waals surface area contributed by atoms with Crippen LogP contribution >= 0.6 is 33.9 Å². The molecule has 3 heterocycles. The lowest BCUT2D eigenvalue weighted by molar-refractivity contribution is 0.606. The molecule has 6 heteroatoms. The molecule has 4 nitrogen and oxygen atoms in total. The number of nitrogens with zero attached hydrogens (tertiary/aromatic N) is 3. The van der Waals surface area contributed by atoms with Gasteiger partial charge in [0.05, 0.1) is 6.20 Å². The van der Waals surface area contributed by atoms with Crippen molar-refractivity contribution in [1.82, 2.24) is 15.0 Å². The van der Waals surface area contributed by atoms with Crippen LogP contribution in [0.3, 0.4) is 0 Å². The van der Waals surface area contributed by atoms with Gasteiger partial charge in [0.1, 0.15) is 5.52 Å². The molecule has 0 saturated heterocycles. The molecule has 0 aromatic carbocycles. The van der Waals surface area contributed by atoms with Gasteiger partial charge in [-0.05, 0) is 11.4 Å². The van der Waals surface area contributed by atoms with Crippen LogP contribution in [0, 0.1) is 3.83 Å². The third kappa shape index (κ3) is 1.63. The molecule has 3 aromatic rings. The van der Waals surface area contributed by atoms with Crippen LogP contribution in [0.25, 0.3) is 22.7 Å². The predicted octanol–water partition coefficient (Wildman–Crippen LogP) is 2.95. The number of hydrogen-bond donors (Lipinski definition) is 0. The first-order valence-corrected chi connectivity index (χ1v) is 6.17. The van der Waals surface area contributed by atoms with E-state index >= 15 is 0 Å². The van der Waals surface area contributed by atoms with E-state index in [0.29, 0.717) is 21.0 Å². The molecule has 0 fully saturated rings. The zero-order valence-corrected chi connectivity index (χ0v) is 10.3. The van der Waals surface area contributed by atoms with Crippen LogP contribution in [0.2, 0.25) is 0 Å². The summed E-state index contributed by atoms with van der Waals surface area (Å²) in [5, 5.41) is 3.97. The second-order valence-corrected chi connectivity index (χ2v) is 4.61. The quantitative estimate of drug-likeness (QED) is 0.509. The highest BCUT2D eigenvalue weighted by Crippen LogP contribution is 2.24. The van der Waals surface area contributed by atoms with Gasteiger partial charge in [-0.2, -0.15) is 16.3 Å². The highest BCUT2D eigenvalue weighted by atomic mass is 127. The topological polar surface area (TPSA) is 51.8 Å². The summed E-state index contributed by atoms with van der Waals surface area (Å²) in [6.45, 7) is 0. The Hall–Kier alpha value is -1.02. The van der Waals surface area contributed by atoms with Crippen LogP contribution in [0.4, 0.5) is 0 Å². The molecular weight excluding hydrogens is 325 g/mol. The second-order valence-electron chi connectivity index (χ2n) is 2.86. The molecule has 0 aliphatic carbocycles. The van der Waals surface area contributed by atoms with Gasteiger partial charge in [0, 0.05) is 33.5 Å². The maximum Gasteiger partial charge on any atom is 0.251 e. The highest BCUT2D eigenvalue weighted by Gasteiger charge is 2.09. The predicted molar refractivity (Wildman–Crippen MR) is 65.6 cm³/mol. The van der Waals surface area contributed by atoms with E-state index in [4.69, 9.17) is 4.42 Å². The smallest absolute Gasteiger partial charge is 0.251 e. The summed E-state index contributed by atoms with van der Waals surface area (Å²) in [4.78, 5) is 12.5. The minimum atomic E-state index is 0.538. The van der Waals surface area contributed by atoms with Crippen molar-refractivity contribution in [3.05, 3.63) is 26.9 Å². The lowest BCUT2D eigenvalue weighted by Crippen LogP contribution is -1.84. The van der Waals surface area contributed by atoms with Crippen LogP contribution in [0.15, 0.2) is 27.4 Å². The molecule has 0 spiro atoms. The molecule has 3 rings (SSSR count). The van der Waals surface area contributed by atoms with E-state index in [2.05, 4.69) is 15.0 Å². The summed E-state index contributed by atoms with van der Waals surface area (Å²) in [7, 11) is 0. The van der Waals surface area contributed by atoms with E-state index in [1.54, 1.807) is 17.5 Å². The Kier molecular flexibility index (Phi) is 2.17. The first kappa shape index (κ1) is 9.22. The largest absolute Gasteiger partial charge is 0.417 e. The molecule has 0 bridgehead atoms. The molecule has 0 radical (unpaired) electrons. The lowest BCUT2D eigenvalue weighted by atomic mass is 10.3. The van der Waals surface area contributed by atoms with E-state index in [9.17, 15) is 0 Å². The fraction of sp³-hybridized carbons (Fsp3) is 0. The Morgan fingerprint density at radius 2 is 2.27 bits per heavy atom. The number of halogens is 1. The molecule has 3 aromatic heterocycles. The first-order valence-electron chi connectivity index (χ1n) is 4.14. The van der Waals surface area contributed by atoms with Crippen LogP contribution in [0.5, 0.6) is 0 Å². The van der Waals surface area contributed by atoms with Crippen LogP contribution in [-0.4, -0.2) is 15.0 Å². The van der Waals surface area contributed by atoms with E-state index in [1.165, 1.54) is 0 Å². The fourth-order valence-corrected chi connectivity index (χ4v) is 2.21. The average Bonchev–Trinajstić information content (AvgIpc) is 2.84. The van der Waals surface area contributed by atoms with Gasteiger partial charge in [0.25, 0.3) is 5.71 Å². The van der Waals surface area contributed by atoms with E-state index in [-0.39, 0.29) is 0 Å². The fourth-order valence-electron chi connectivity index (χ4n) is 1.22. The Bertz CT molecular complexity index is 605. The van der Waals surface area contributed by atoms with E-state index in [1.807, 2.05) is 39.4 Å². The zero-order chi connectivity index (χ0) is 10.3. The maximum atomic E-state index is 5.53. The van der Waals surface area contributed by atoms with Crippen LogP contribution in [-0.2, 0) is 0 Å². The Morgan fingerprint density at radius 1 is 1.33 bits per heavy atom. The normalized spacial score (nSPS) is 11.0. The number of rotatable bonds is 1.